The van der Waals surface area contributed by atoms with E-state index in [0.717, 1.165) is 11.3 Å². The first-order chi connectivity index (χ1) is 14.7. The van der Waals surface area contributed by atoms with E-state index in [-0.39, 0.29) is 17.9 Å². The molecule has 0 radical (unpaired) electrons. The van der Waals surface area contributed by atoms with Crippen LogP contribution in [0.15, 0.2) is 47.2 Å². The molecule has 1 atom stereocenters. The number of hydrogen-bond donors (Lipinski definition) is 0. The minimum absolute atomic E-state index is 0.0458. The van der Waals surface area contributed by atoms with Crippen molar-refractivity contribution in [2.75, 3.05) is 25.1 Å². The predicted octanol–water partition coefficient (Wildman–Crippen LogP) is 4.64. The minimum atomic E-state index is -0.569. The van der Waals surface area contributed by atoms with Crippen molar-refractivity contribution in [2.45, 2.75) is 39.3 Å². The Morgan fingerprint density at radius 2 is 1.94 bits per heavy atom. The molecule has 0 saturated carbocycles. The highest BCUT2D eigenvalue weighted by Crippen LogP contribution is 2.30. The third-order valence-corrected chi connectivity index (χ3v) is 5.60. The van der Waals surface area contributed by atoms with Crippen molar-refractivity contribution >= 4 is 33.6 Å². The highest BCUT2D eigenvalue weighted by atomic mass is 79.9. The number of aromatic nitrogens is 1. The Balaban J connectivity index is 1.80. The zero-order valence-electron chi connectivity index (χ0n) is 18.3. The van der Waals surface area contributed by atoms with Crippen LogP contribution in [0.5, 0.6) is 5.75 Å². The third kappa shape index (κ3) is 5.97. The van der Waals surface area contributed by atoms with Gasteiger partial charge in [-0.05, 0) is 73.0 Å². The summed E-state index contributed by atoms with van der Waals surface area (Å²) in [4.78, 5) is 33.6. The van der Waals surface area contributed by atoms with Crippen molar-refractivity contribution in [1.29, 1.82) is 0 Å². The molecule has 1 aliphatic heterocycles. The van der Waals surface area contributed by atoms with Gasteiger partial charge in [0.1, 0.15) is 16.0 Å². The zero-order chi connectivity index (χ0) is 22.6. The van der Waals surface area contributed by atoms with Crippen LogP contribution < -0.4 is 9.64 Å². The van der Waals surface area contributed by atoms with Crippen molar-refractivity contribution in [1.82, 2.24) is 9.88 Å². The summed E-state index contributed by atoms with van der Waals surface area (Å²) in [7, 11) is 1.62. The van der Waals surface area contributed by atoms with Crippen molar-refractivity contribution in [3.05, 3.63) is 52.8 Å². The number of amides is 2. The maximum absolute atomic E-state index is 13.6. The Labute approximate surface area is 191 Å². The van der Waals surface area contributed by atoms with E-state index in [1.165, 1.54) is 0 Å². The fourth-order valence-corrected chi connectivity index (χ4v) is 3.91. The lowest BCUT2D eigenvalue weighted by molar-refractivity contribution is -0.122. The number of hydrogen-bond acceptors (Lipinski definition) is 5. The smallest absolute Gasteiger partial charge is 0.410 e. The summed E-state index contributed by atoms with van der Waals surface area (Å²) in [6, 6.07) is 11.3. The molecule has 2 amide bonds. The molecule has 1 aromatic heterocycles. The monoisotopic (exact) mass is 489 g/mol. The highest BCUT2D eigenvalue weighted by Gasteiger charge is 2.36. The van der Waals surface area contributed by atoms with E-state index in [0.29, 0.717) is 36.3 Å². The fraction of sp³-hybridized carbons (Fsp3) is 0.435. The van der Waals surface area contributed by atoms with Gasteiger partial charge in [-0.3, -0.25) is 4.79 Å². The molecule has 166 valence electrons. The molecule has 2 heterocycles. The summed E-state index contributed by atoms with van der Waals surface area (Å²) in [5.41, 5.74) is 1.09. The van der Waals surface area contributed by atoms with E-state index in [2.05, 4.69) is 20.9 Å². The number of rotatable bonds is 5. The van der Waals surface area contributed by atoms with Crippen LogP contribution in [0.25, 0.3) is 0 Å². The quantitative estimate of drug-likeness (QED) is 0.571. The van der Waals surface area contributed by atoms with E-state index in [4.69, 9.17) is 9.47 Å². The maximum atomic E-state index is 13.6. The summed E-state index contributed by atoms with van der Waals surface area (Å²) >= 11 is 3.47. The molecule has 8 heteroatoms. The highest BCUT2D eigenvalue weighted by molar-refractivity contribution is 9.10. The molecule has 0 spiro atoms. The summed E-state index contributed by atoms with van der Waals surface area (Å²) in [5, 5.41) is 0. The number of pyridine rings is 1. The summed E-state index contributed by atoms with van der Waals surface area (Å²) in [6.45, 7) is 6.72. The van der Waals surface area contributed by atoms with Gasteiger partial charge in [-0.25, -0.2) is 9.78 Å². The number of anilines is 1. The van der Waals surface area contributed by atoms with Crippen LogP contribution in [-0.2, 0) is 16.1 Å². The Morgan fingerprint density at radius 1 is 1.23 bits per heavy atom. The van der Waals surface area contributed by atoms with Crippen molar-refractivity contribution in [3.8, 4) is 5.75 Å². The topological polar surface area (TPSA) is 72.0 Å². The molecular weight excluding hydrogens is 462 g/mol. The Kier molecular flexibility index (Phi) is 7.20. The second-order valence-electron chi connectivity index (χ2n) is 8.50. The van der Waals surface area contributed by atoms with E-state index in [1.807, 2.05) is 51.1 Å². The van der Waals surface area contributed by atoms with Gasteiger partial charge >= 0.3 is 6.09 Å². The van der Waals surface area contributed by atoms with Gasteiger partial charge in [0.25, 0.3) is 0 Å². The van der Waals surface area contributed by atoms with Gasteiger partial charge in [0.2, 0.25) is 5.91 Å². The average Bonchev–Trinajstić information content (AvgIpc) is 3.22. The van der Waals surface area contributed by atoms with Crippen LogP contribution in [-0.4, -0.2) is 47.7 Å². The number of carbonyl (C=O) groups excluding carboxylic acids is 2. The zero-order valence-corrected chi connectivity index (χ0v) is 19.9. The van der Waals surface area contributed by atoms with Crippen molar-refractivity contribution < 1.29 is 19.1 Å². The number of benzene rings is 1. The molecule has 31 heavy (non-hydrogen) atoms. The fourth-order valence-electron chi connectivity index (χ4n) is 3.45. The largest absolute Gasteiger partial charge is 0.497 e. The van der Waals surface area contributed by atoms with Gasteiger partial charge in [0, 0.05) is 19.3 Å². The van der Waals surface area contributed by atoms with Gasteiger partial charge in [-0.15, -0.1) is 0 Å². The van der Waals surface area contributed by atoms with Gasteiger partial charge in [-0.1, -0.05) is 12.1 Å². The van der Waals surface area contributed by atoms with E-state index >= 15 is 0 Å². The van der Waals surface area contributed by atoms with E-state index in [1.54, 1.807) is 29.2 Å². The SMILES string of the molecule is COc1ccc(CN(C(=O)C2CCN(C(=O)OC(C)(C)C)C2)c2cccnc2Br)cc1. The number of likely N-dealkylation sites (tertiary alicyclic amines) is 1. The molecule has 0 bridgehead atoms. The first-order valence-electron chi connectivity index (χ1n) is 10.2. The van der Waals surface area contributed by atoms with Crippen LogP contribution in [0.1, 0.15) is 32.8 Å². The first kappa shape index (κ1) is 23.1. The van der Waals surface area contributed by atoms with Gasteiger partial charge in [0.05, 0.1) is 25.3 Å². The molecule has 1 saturated heterocycles. The number of nitrogens with zero attached hydrogens (tertiary/aromatic N) is 3. The standard InChI is InChI=1S/C23H28BrN3O4/c1-23(2,3)31-22(29)26-13-11-17(15-26)21(28)27(19-6-5-12-25-20(19)24)14-16-7-9-18(30-4)10-8-16/h5-10,12,17H,11,13-15H2,1-4H3. The lowest BCUT2D eigenvalue weighted by Gasteiger charge is -2.27. The molecular formula is C23H28BrN3O4. The average molecular weight is 490 g/mol. The van der Waals surface area contributed by atoms with Crippen LogP contribution in [0.2, 0.25) is 0 Å². The molecule has 1 aliphatic rings. The Morgan fingerprint density at radius 3 is 2.55 bits per heavy atom. The second kappa shape index (κ2) is 9.68. The molecule has 1 unspecified atom stereocenters. The Bertz CT molecular complexity index is 927. The molecule has 0 aliphatic carbocycles. The molecule has 1 aromatic carbocycles. The first-order valence-corrected chi connectivity index (χ1v) is 11.0. The molecule has 3 rings (SSSR count). The number of methoxy groups -OCH3 is 1. The lowest BCUT2D eigenvalue weighted by atomic mass is 10.1. The molecule has 1 fully saturated rings. The van der Waals surface area contributed by atoms with Gasteiger partial charge < -0.3 is 19.3 Å². The second-order valence-corrected chi connectivity index (χ2v) is 9.25. The molecule has 0 N–H and O–H groups in total. The van der Waals surface area contributed by atoms with Crippen molar-refractivity contribution in [2.24, 2.45) is 5.92 Å². The normalized spacial score (nSPS) is 16.2. The molecule has 7 nitrogen and oxygen atoms in total. The third-order valence-electron chi connectivity index (χ3n) is 4.99. The van der Waals surface area contributed by atoms with E-state index in [9.17, 15) is 9.59 Å². The van der Waals surface area contributed by atoms with Crippen LogP contribution in [0.4, 0.5) is 10.5 Å². The summed E-state index contributed by atoms with van der Waals surface area (Å²) in [5.74, 6) is 0.404. The van der Waals surface area contributed by atoms with Crippen LogP contribution in [0.3, 0.4) is 0 Å². The van der Waals surface area contributed by atoms with Gasteiger partial charge in [0.15, 0.2) is 0 Å². The lowest BCUT2D eigenvalue weighted by Crippen LogP contribution is -2.39. The summed E-state index contributed by atoms with van der Waals surface area (Å²) in [6.07, 6.45) is 1.88. The molecule has 2 aromatic rings. The minimum Gasteiger partial charge on any atom is -0.497 e. The summed E-state index contributed by atoms with van der Waals surface area (Å²) < 4.78 is 11.3. The van der Waals surface area contributed by atoms with E-state index < -0.39 is 5.60 Å². The van der Waals surface area contributed by atoms with Gasteiger partial charge in [-0.2, -0.15) is 0 Å². The van der Waals surface area contributed by atoms with Crippen LogP contribution >= 0.6 is 15.9 Å². The number of ether oxygens (including phenoxy) is 2. The maximum Gasteiger partial charge on any atom is 0.410 e. The predicted molar refractivity (Wildman–Crippen MR) is 122 cm³/mol. The van der Waals surface area contributed by atoms with Crippen molar-refractivity contribution in [3.63, 3.8) is 0 Å². The Hall–Kier alpha value is -2.61. The number of halogens is 1. The van der Waals surface area contributed by atoms with Crippen LogP contribution in [0, 0.1) is 5.92 Å². The number of carbonyl (C=O) groups is 2.